The van der Waals surface area contributed by atoms with E-state index >= 15 is 0 Å². The molecule has 0 atom stereocenters. The molecule has 182 valence electrons. The Morgan fingerprint density at radius 3 is 1.89 bits per heavy atom. The van der Waals surface area contributed by atoms with E-state index in [4.69, 9.17) is 9.47 Å². The van der Waals surface area contributed by atoms with Crippen molar-refractivity contribution in [2.45, 2.75) is 6.54 Å². The average Bonchev–Trinajstić information content (AvgIpc) is 3.35. The van der Waals surface area contributed by atoms with Crippen molar-refractivity contribution in [3.8, 4) is 11.5 Å². The molecule has 1 heterocycles. The molecule has 0 radical (unpaired) electrons. The lowest BCUT2D eigenvalue weighted by Crippen LogP contribution is -2.25. The summed E-state index contributed by atoms with van der Waals surface area (Å²) in [5.41, 5.74) is 2.47. The third kappa shape index (κ3) is 5.98. The van der Waals surface area contributed by atoms with Crippen LogP contribution in [0.25, 0.3) is 6.08 Å². The van der Waals surface area contributed by atoms with Gasteiger partial charge in [-0.1, -0.05) is 54.6 Å². The monoisotopic (exact) mass is 482 g/mol. The Morgan fingerprint density at radius 1 is 0.806 bits per heavy atom. The van der Waals surface area contributed by atoms with E-state index in [0.29, 0.717) is 35.0 Å². The van der Waals surface area contributed by atoms with Crippen LogP contribution in [0, 0.1) is 0 Å². The highest BCUT2D eigenvalue weighted by Gasteiger charge is 2.21. The van der Waals surface area contributed by atoms with Crippen LogP contribution >= 0.6 is 0 Å². The lowest BCUT2D eigenvalue weighted by Gasteiger charge is -2.13. The maximum Gasteiger partial charge on any atom is 0.261 e. The molecule has 36 heavy (non-hydrogen) atoms. The Morgan fingerprint density at radius 2 is 1.33 bits per heavy atom. The van der Waals surface area contributed by atoms with Crippen LogP contribution in [0.15, 0.2) is 96.8 Å². The first-order valence-electron chi connectivity index (χ1n) is 11.2. The first kappa shape index (κ1) is 24.3. The summed E-state index contributed by atoms with van der Waals surface area (Å²) in [6.45, 7) is 0.560. The lowest BCUT2D eigenvalue weighted by molar-refractivity contribution is -0.118. The van der Waals surface area contributed by atoms with E-state index in [2.05, 4.69) is 15.7 Å². The maximum absolute atomic E-state index is 13.3. The predicted molar refractivity (Wildman–Crippen MR) is 139 cm³/mol. The number of aromatic nitrogens is 2. The number of methoxy groups -OCH3 is 2. The number of anilines is 2. The number of nitrogens with one attached hydrogen (secondary N) is 2. The normalized spacial score (nSPS) is 10.3. The van der Waals surface area contributed by atoms with Gasteiger partial charge in [-0.2, -0.15) is 5.10 Å². The minimum absolute atomic E-state index is 0.105. The molecule has 0 fully saturated rings. The molecular formula is C28H26N4O4. The smallest absolute Gasteiger partial charge is 0.261 e. The van der Waals surface area contributed by atoms with Gasteiger partial charge in [0.1, 0.15) is 17.1 Å². The first-order valence-corrected chi connectivity index (χ1v) is 11.2. The number of nitrogens with zero attached hydrogens (tertiary/aromatic N) is 2. The maximum atomic E-state index is 13.3. The van der Waals surface area contributed by atoms with Gasteiger partial charge in [0.15, 0.2) is 0 Å². The van der Waals surface area contributed by atoms with Crippen LogP contribution in [0.4, 0.5) is 11.4 Å². The summed E-state index contributed by atoms with van der Waals surface area (Å²) in [7, 11) is 3.02. The summed E-state index contributed by atoms with van der Waals surface area (Å²) >= 11 is 0. The Bertz CT molecular complexity index is 1320. The number of carbonyl (C=O) groups excluding carboxylic acids is 2. The van der Waals surface area contributed by atoms with Gasteiger partial charge in [-0.15, -0.1) is 0 Å². The molecule has 2 N–H and O–H groups in total. The van der Waals surface area contributed by atoms with Crippen LogP contribution in [0.5, 0.6) is 11.5 Å². The summed E-state index contributed by atoms with van der Waals surface area (Å²) in [6.07, 6.45) is 4.89. The number of rotatable bonds is 9. The van der Waals surface area contributed by atoms with E-state index in [9.17, 15) is 9.59 Å². The average molecular weight is 483 g/mol. The lowest BCUT2D eigenvalue weighted by atomic mass is 10.1. The van der Waals surface area contributed by atoms with Crippen molar-refractivity contribution >= 4 is 29.3 Å². The Kier molecular flexibility index (Phi) is 7.77. The fraction of sp³-hybridized carbons (Fsp3) is 0.107. The minimum atomic E-state index is -0.595. The van der Waals surface area contributed by atoms with Crippen LogP contribution in [-0.4, -0.2) is 35.8 Å². The topological polar surface area (TPSA) is 94.5 Å². The third-order valence-electron chi connectivity index (χ3n) is 5.35. The molecule has 0 saturated carbocycles. The summed E-state index contributed by atoms with van der Waals surface area (Å²) < 4.78 is 12.4. The van der Waals surface area contributed by atoms with Crippen molar-refractivity contribution in [3.63, 3.8) is 0 Å². The van der Waals surface area contributed by atoms with Gasteiger partial charge in [-0.25, -0.2) is 0 Å². The van der Waals surface area contributed by atoms with E-state index in [1.807, 2.05) is 30.3 Å². The van der Waals surface area contributed by atoms with Crippen molar-refractivity contribution in [2.24, 2.45) is 0 Å². The molecule has 0 aliphatic heterocycles. The fourth-order valence-electron chi connectivity index (χ4n) is 3.59. The van der Waals surface area contributed by atoms with Crippen molar-refractivity contribution in [2.75, 3.05) is 24.9 Å². The zero-order valence-corrected chi connectivity index (χ0v) is 20.0. The predicted octanol–water partition coefficient (Wildman–Crippen LogP) is 4.61. The SMILES string of the molecule is COc1ccccc1NC(=O)C(=Cc1cnn(Cc2ccccc2)c1)C(=O)Nc1ccccc1OC. The number of ether oxygens (including phenoxy) is 2. The van der Waals surface area contributed by atoms with Crippen LogP contribution in [0.1, 0.15) is 11.1 Å². The van der Waals surface area contributed by atoms with E-state index in [-0.39, 0.29) is 5.57 Å². The van der Waals surface area contributed by atoms with Gasteiger partial charge in [0.25, 0.3) is 11.8 Å². The van der Waals surface area contributed by atoms with Crippen molar-refractivity contribution in [1.82, 2.24) is 9.78 Å². The van der Waals surface area contributed by atoms with Crippen molar-refractivity contribution in [3.05, 3.63) is 108 Å². The van der Waals surface area contributed by atoms with Gasteiger partial charge in [0, 0.05) is 11.8 Å². The molecule has 3 aromatic carbocycles. The molecule has 0 aliphatic carbocycles. The second-order valence-corrected chi connectivity index (χ2v) is 7.82. The molecule has 0 unspecified atom stereocenters. The summed E-state index contributed by atoms with van der Waals surface area (Å²) in [6, 6.07) is 23.8. The summed E-state index contributed by atoms with van der Waals surface area (Å²) in [4.78, 5) is 26.6. The molecule has 4 rings (SSSR count). The molecular weight excluding hydrogens is 456 g/mol. The molecule has 0 aliphatic rings. The summed E-state index contributed by atoms with van der Waals surface area (Å²) in [5.74, 6) is -0.234. The molecule has 4 aromatic rings. The highest BCUT2D eigenvalue weighted by atomic mass is 16.5. The first-order chi connectivity index (χ1) is 17.6. The molecule has 2 amide bonds. The van der Waals surface area contributed by atoms with Gasteiger partial charge in [-0.05, 0) is 35.9 Å². The van der Waals surface area contributed by atoms with Crippen LogP contribution in [0.2, 0.25) is 0 Å². The number of benzene rings is 3. The Labute approximate surface area is 209 Å². The number of carbonyl (C=O) groups is 2. The standard InChI is InChI=1S/C28H26N4O4/c1-35-25-14-8-6-12-23(25)30-27(33)22(28(34)31-24-13-7-9-15-26(24)36-2)16-21-17-29-32(19-21)18-20-10-4-3-5-11-20/h3-17,19H,18H2,1-2H3,(H,30,33)(H,31,34). The minimum Gasteiger partial charge on any atom is -0.495 e. The zero-order chi connectivity index (χ0) is 25.3. The molecule has 0 spiro atoms. The van der Waals surface area contributed by atoms with E-state index in [1.54, 1.807) is 65.6 Å². The summed E-state index contributed by atoms with van der Waals surface area (Å²) in [5, 5.41) is 9.92. The molecule has 0 bridgehead atoms. The molecule has 0 saturated heterocycles. The number of para-hydroxylation sites is 4. The number of hydrogen-bond donors (Lipinski definition) is 2. The van der Waals surface area contributed by atoms with Gasteiger partial charge in [0.2, 0.25) is 0 Å². The fourth-order valence-corrected chi connectivity index (χ4v) is 3.59. The Balaban J connectivity index is 1.63. The second kappa shape index (κ2) is 11.5. The van der Waals surface area contributed by atoms with E-state index in [1.165, 1.54) is 20.3 Å². The van der Waals surface area contributed by atoms with Gasteiger partial charge >= 0.3 is 0 Å². The zero-order valence-electron chi connectivity index (χ0n) is 20.0. The third-order valence-corrected chi connectivity index (χ3v) is 5.35. The highest BCUT2D eigenvalue weighted by Crippen LogP contribution is 2.26. The quantitative estimate of drug-likeness (QED) is 0.206. The van der Waals surface area contributed by atoms with Crippen molar-refractivity contribution in [1.29, 1.82) is 0 Å². The van der Waals surface area contributed by atoms with Crippen LogP contribution < -0.4 is 20.1 Å². The number of hydrogen-bond acceptors (Lipinski definition) is 5. The van der Waals surface area contributed by atoms with Gasteiger partial charge in [0.05, 0.1) is 38.3 Å². The van der Waals surface area contributed by atoms with Crippen molar-refractivity contribution < 1.29 is 19.1 Å². The highest BCUT2D eigenvalue weighted by molar-refractivity contribution is 6.29. The van der Waals surface area contributed by atoms with E-state index < -0.39 is 11.8 Å². The van der Waals surface area contributed by atoms with Crippen LogP contribution in [0.3, 0.4) is 0 Å². The molecule has 1 aromatic heterocycles. The van der Waals surface area contributed by atoms with E-state index in [0.717, 1.165) is 5.56 Å². The molecule has 8 nitrogen and oxygen atoms in total. The Hall–Kier alpha value is -4.85. The van der Waals surface area contributed by atoms with Gasteiger partial charge < -0.3 is 20.1 Å². The second-order valence-electron chi connectivity index (χ2n) is 7.82. The van der Waals surface area contributed by atoms with Crippen LogP contribution in [-0.2, 0) is 16.1 Å². The van der Waals surface area contributed by atoms with Gasteiger partial charge in [-0.3, -0.25) is 14.3 Å². The number of amides is 2. The molecule has 8 heteroatoms. The largest absolute Gasteiger partial charge is 0.495 e.